The standard InChI is InChI=1S/C23H21BrN4O3/c1-4-21-26-19-10-9-16(24)11-18(19)22(29)28(21)25-12-15-13-27(14(2)23(30)31-3)20-8-6-5-7-17(15)20/h5-14H,4H2,1-3H3/t14-/m0/s1. The highest BCUT2D eigenvalue weighted by molar-refractivity contribution is 9.10. The molecule has 1 atom stereocenters. The van der Waals surface area contributed by atoms with Gasteiger partial charge in [-0.1, -0.05) is 41.1 Å². The lowest BCUT2D eigenvalue weighted by Gasteiger charge is -2.12. The molecule has 0 fully saturated rings. The summed E-state index contributed by atoms with van der Waals surface area (Å²) in [5, 5.41) is 5.90. The van der Waals surface area contributed by atoms with Crippen LogP contribution in [0.5, 0.6) is 0 Å². The van der Waals surface area contributed by atoms with Crippen molar-refractivity contribution in [2.45, 2.75) is 26.3 Å². The number of aromatic nitrogens is 3. The van der Waals surface area contributed by atoms with Crippen LogP contribution in [0.15, 0.2) is 63.0 Å². The second-order valence-corrected chi connectivity index (χ2v) is 8.03. The Labute approximate surface area is 187 Å². The quantitative estimate of drug-likeness (QED) is 0.315. The molecule has 0 spiro atoms. The second kappa shape index (κ2) is 8.47. The van der Waals surface area contributed by atoms with Gasteiger partial charge in [0.25, 0.3) is 5.56 Å². The van der Waals surface area contributed by atoms with Crippen molar-refractivity contribution in [2.24, 2.45) is 5.10 Å². The van der Waals surface area contributed by atoms with Crippen LogP contribution in [0.25, 0.3) is 21.8 Å². The minimum absolute atomic E-state index is 0.230. The van der Waals surface area contributed by atoms with Crippen LogP contribution < -0.4 is 5.56 Å². The maximum atomic E-state index is 13.1. The zero-order valence-electron chi connectivity index (χ0n) is 17.4. The summed E-state index contributed by atoms with van der Waals surface area (Å²) in [6, 6.07) is 12.7. The van der Waals surface area contributed by atoms with Gasteiger partial charge in [0, 0.05) is 33.6 Å². The minimum atomic E-state index is -0.495. The summed E-state index contributed by atoms with van der Waals surface area (Å²) < 4.78 is 8.89. The number of nitrogens with zero attached hydrogens (tertiary/aromatic N) is 4. The molecule has 0 saturated carbocycles. The van der Waals surface area contributed by atoms with Gasteiger partial charge >= 0.3 is 5.97 Å². The van der Waals surface area contributed by atoms with Crippen molar-refractivity contribution < 1.29 is 9.53 Å². The van der Waals surface area contributed by atoms with Gasteiger partial charge in [-0.3, -0.25) is 4.79 Å². The zero-order valence-corrected chi connectivity index (χ0v) is 19.0. The van der Waals surface area contributed by atoms with Crippen LogP contribution in [0.1, 0.15) is 31.3 Å². The third-order valence-electron chi connectivity index (χ3n) is 5.23. The molecule has 7 nitrogen and oxygen atoms in total. The number of para-hydroxylation sites is 1. The average Bonchev–Trinajstić information content (AvgIpc) is 3.16. The molecule has 8 heteroatoms. The first-order chi connectivity index (χ1) is 14.9. The Bertz CT molecular complexity index is 1390. The van der Waals surface area contributed by atoms with E-state index in [0.717, 1.165) is 20.9 Å². The number of hydrogen-bond donors (Lipinski definition) is 0. The highest BCUT2D eigenvalue weighted by Gasteiger charge is 2.19. The van der Waals surface area contributed by atoms with E-state index < -0.39 is 6.04 Å². The monoisotopic (exact) mass is 480 g/mol. The van der Waals surface area contributed by atoms with Gasteiger partial charge in [-0.25, -0.2) is 9.78 Å². The topological polar surface area (TPSA) is 78.5 Å². The smallest absolute Gasteiger partial charge is 0.328 e. The summed E-state index contributed by atoms with van der Waals surface area (Å²) in [4.78, 5) is 29.8. The van der Waals surface area contributed by atoms with Gasteiger partial charge in [0.05, 0.1) is 24.2 Å². The summed E-state index contributed by atoms with van der Waals surface area (Å²) in [7, 11) is 1.37. The maximum absolute atomic E-state index is 13.1. The van der Waals surface area contributed by atoms with Crippen LogP contribution in [0.3, 0.4) is 0 Å². The molecule has 0 amide bonds. The Morgan fingerprint density at radius 1 is 1.26 bits per heavy atom. The molecule has 0 unspecified atom stereocenters. The first kappa shape index (κ1) is 21.0. The van der Waals surface area contributed by atoms with Gasteiger partial charge in [-0.2, -0.15) is 9.78 Å². The lowest BCUT2D eigenvalue weighted by atomic mass is 10.2. The summed E-state index contributed by atoms with van der Waals surface area (Å²) in [5.74, 6) is 0.237. The number of carbonyl (C=O) groups is 1. The number of rotatable bonds is 5. The number of benzene rings is 2. The third-order valence-corrected chi connectivity index (χ3v) is 5.73. The molecule has 2 aromatic heterocycles. The third kappa shape index (κ3) is 3.79. The zero-order chi connectivity index (χ0) is 22.1. The van der Waals surface area contributed by atoms with E-state index in [-0.39, 0.29) is 11.5 Å². The van der Waals surface area contributed by atoms with E-state index >= 15 is 0 Å². The van der Waals surface area contributed by atoms with Gasteiger partial charge in [0.1, 0.15) is 11.9 Å². The molecule has 0 aliphatic rings. The van der Waals surface area contributed by atoms with Crippen molar-refractivity contribution >= 4 is 49.9 Å². The highest BCUT2D eigenvalue weighted by Crippen LogP contribution is 2.24. The number of esters is 1. The number of carbonyl (C=O) groups excluding carboxylic acids is 1. The highest BCUT2D eigenvalue weighted by atomic mass is 79.9. The predicted molar refractivity (Wildman–Crippen MR) is 125 cm³/mol. The summed E-state index contributed by atoms with van der Waals surface area (Å²) in [6.07, 6.45) is 4.03. The fraction of sp³-hybridized carbons (Fsp3) is 0.217. The van der Waals surface area contributed by atoms with Crippen molar-refractivity contribution in [1.29, 1.82) is 0 Å². The molecular formula is C23H21BrN4O3. The first-order valence-electron chi connectivity index (χ1n) is 9.87. The average molecular weight is 481 g/mol. The molecular weight excluding hydrogens is 460 g/mol. The lowest BCUT2D eigenvalue weighted by Crippen LogP contribution is -2.22. The van der Waals surface area contributed by atoms with Crippen molar-refractivity contribution in [2.75, 3.05) is 7.11 Å². The van der Waals surface area contributed by atoms with Crippen LogP contribution >= 0.6 is 15.9 Å². The Kier molecular flexibility index (Phi) is 5.73. The molecule has 0 aliphatic heterocycles. The molecule has 2 aromatic carbocycles. The molecule has 0 saturated heterocycles. The number of methoxy groups -OCH3 is 1. The normalized spacial score (nSPS) is 12.6. The molecule has 0 N–H and O–H groups in total. The van der Waals surface area contributed by atoms with E-state index in [0.29, 0.717) is 23.1 Å². The van der Waals surface area contributed by atoms with E-state index in [1.807, 2.05) is 54.1 Å². The molecule has 4 rings (SSSR count). The Balaban J connectivity index is 1.86. The first-order valence-corrected chi connectivity index (χ1v) is 10.7. The summed E-state index contributed by atoms with van der Waals surface area (Å²) >= 11 is 3.41. The maximum Gasteiger partial charge on any atom is 0.328 e. The van der Waals surface area contributed by atoms with Crippen LogP contribution in [0.4, 0.5) is 0 Å². The SMILES string of the molecule is CCc1nc2ccc(Br)cc2c(=O)n1N=Cc1cn([C@@H](C)C(=O)OC)c2ccccc12. The number of fused-ring (bicyclic) bond motifs is 2. The van der Waals surface area contributed by atoms with E-state index in [9.17, 15) is 9.59 Å². The Hall–Kier alpha value is -3.26. The van der Waals surface area contributed by atoms with Crippen LogP contribution in [0, 0.1) is 0 Å². The van der Waals surface area contributed by atoms with Crippen molar-refractivity contribution in [3.63, 3.8) is 0 Å². The van der Waals surface area contributed by atoms with Crippen LogP contribution in [-0.2, 0) is 16.0 Å². The summed E-state index contributed by atoms with van der Waals surface area (Å²) in [6.45, 7) is 3.71. The van der Waals surface area contributed by atoms with Gasteiger partial charge in [-0.15, -0.1) is 0 Å². The molecule has 31 heavy (non-hydrogen) atoms. The largest absolute Gasteiger partial charge is 0.467 e. The molecule has 0 radical (unpaired) electrons. The van der Waals surface area contributed by atoms with Crippen LogP contribution in [-0.4, -0.2) is 33.5 Å². The fourth-order valence-corrected chi connectivity index (χ4v) is 3.96. The predicted octanol–water partition coefficient (Wildman–Crippen LogP) is 4.29. The van der Waals surface area contributed by atoms with Crippen molar-refractivity contribution in [3.05, 3.63) is 74.9 Å². The summed E-state index contributed by atoms with van der Waals surface area (Å²) in [5.41, 5.74) is 2.08. The van der Waals surface area contributed by atoms with Gasteiger partial charge < -0.3 is 9.30 Å². The Morgan fingerprint density at radius 3 is 2.77 bits per heavy atom. The van der Waals surface area contributed by atoms with Crippen LogP contribution in [0.2, 0.25) is 0 Å². The van der Waals surface area contributed by atoms with Gasteiger partial charge in [-0.05, 0) is 31.2 Å². The number of aryl methyl sites for hydroxylation is 1. The molecule has 0 bridgehead atoms. The fourth-order valence-electron chi connectivity index (χ4n) is 3.60. The van der Waals surface area contributed by atoms with Gasteiger partial charge in [0.2, 0.25) is 0 Å². The number of hydrogen-bond acceptors (Lipinski definition) is 5. The molecule has 158 valence electrons. The molecule has 0 aliphatic carbocycles. The van der Waals surface area contributed by atoms with Crippen molar-refractivity contribution in [3.8, 4) is 0 Å². The van der Waals surface area contributed by atoms with E-state index in [2.05, 4.69) is 26.0 Å². The minimum Gasteiger partial charge on any atom is -0.467 e. The number of halogens is 1. The van der Waals surface area contributed by atoms with E-state index in [1.54, 1.807) is 19.2 Å². The second-order valence-electron chi connectivity index (χ2n) is 7.11. The Morgan fingerprint density at radius 2 is 2.03 bits per heavy atom. The van der Waals surface area contributed by atoms with Gasteiger partial charge in [0.15, 0.2) is 0 Å². The van der Waals surface area contributed by atoms with E-state index in [1.165, 1.54) is 11.8 Å². The number of ether oxygens (including phenoxy) is 1. The van der Waals surface area contributed by atoms with Crippen molar-refractivity contribution in [1.82, 2.24) is 14.2 Å². The molecule has 2 heterocycles. The molecule has 4 aromatic rings. The lowest BCUT2D eigenvalue weighted by molar-refractivity contribution is -0.143. The van der Waals surface area contributed by atoms with E-state index in [4.69, 9.17) is 4.74 Å².